The molecule has 3 aromatic rings. The maximum absolute atomic E-state index is 9.68. The van der Waals surface area contributed by atoms with Gasteiger partial charge in [0.25, 0.3) is 0 Å². The summed E-state index contributed by atoms with van der Waals surface area (Å²) in [5.74, 6) is 1.05. The van der Waals surface area contributed by atoms with Crippen LogP contribution in [0, 0.1) is 11.3 Å². The third-order valence-corrected chi connectivity index (χ3v) is 7.98. The van der Waals surface area contributed by atoms with Crippen LogP contribution < -0.4 is 4.90 Å². The fourth-order valence-corrected chi connectivity index (χ4v) is 6.57. The summed E-state index contributed by atoms with van der Waals surface area (Å²) >= 11 is 1.79. The molecule has 1 aliphatic rings. The quantitative estimate of drug-likeness (QED) is 0.348. The van der Waals surface area contributed by atoms with Gasteiger partial charge < -0.3 is 0 Å². The van der Waals surface area contributed by atoms with Crippen molar-refractivity contribution in [3.8, 4) is 6.07 Å². The van der Waals surface area contributed by atoms with Gasteiger partial charge >= 0.3 is 157 Å². The minimum atomic E-state index is 0.0808. The van der Waals surface area contributed by atoms with Gasteiger partial charge in [-0.3, -0.25) is 0 Å². The summed E-state index contributed by atoms with van der Waals surface area (Å²) in [5.41, 5.74) is 2.45. The van der Waals surface area contributed by atoms with Crippen LogP contribution in [0.1, 0.15) is 44.6 Å². The van der Waals surface area contributed by atoms with E-state index in [4.69, 9.17) is 4.98 Å². The zero-order chi connectivity index (χ0) is 17.2. The number of thioether (sulfide) groups is 1. The molecule has 4 heterocycles. The van der Waals surface area contributed by atoms with Gasteiger partial charge in [0.15, 0.2) is 0 Å². The fraction of sp³-hybridized carbons (Fsp3) is 0.529. The van der Waals surface area contributed by atoms with E-state index in [0.29, 0.717) is 0 Å². The summed E-state index contributed by atoms with van der Waals surface area (Å²) in [5, 5.41) is 15.1. The standard InChI is InChI=1S/C17H20N6SSe/c1-2-3-6-9-24-17-20-15-14-13(19-11-23(15)21-17)12(10-18)16(25-14)22-7-4-5-8-22/h11H,2-9H2,1H3. The Labute approximate surface area is 157 Å². The average Bonchev–Trinajstić information content (AvgIpc) is 3.34. The predicted octanol–water partition coefficient (Wildman–Crippen LogP) is 3.09. The van der Waals surface area contributed by atoms with Gasteiger partial charge in [0.05, 0.1) is 0 Å². The molecule has 0 bridgehead atoms. The molecule has 130 valence electrons. The van der Waals surface area contributed by atoms with E-state index < -0.39 is 0 Å². The molecule has 0 spiro atoms. The second kappa shape index (κ2) is 7.36. The van der Waals surface area contributed by atoms with Crippen LogP contribution in [0.3, 0.4) is 0 Å². The summed E-state index contributed by atoms with van der Waals surface area (Å²) < 4.78 is 4.08. The molecule has 4 rings (SSSR count). The summed E-state index contributed by atoms with van der Waals surface area (Å²) in [6.07, 6.45) is 7.78. The Morgan fingerprint density at radius 1 is 1.32 bits per heavy atom. The first-order valence-corrected chi connectivity index (χ1v) is 11.5. The van der Waals surface area contributed by atoms with Crippen molar-refractivity contribution in [2.45, 2.75) is 44.2 Å². The molecular weight excluding hydrogens is 399 g/mol. The van der Waals surface area contributed by atoms with Crippen molar-refractivity contribution >= 4 is 46.3 Å². The van der Waals surface area contributed by atoms with E-state index in [0.717, 1.165) is 45.0 Å². The van der Waals surface area contributed by atoms with Gasteiger partial charge in [0.2, 0.25) is 0 Å². The van der Waals surface area contributed by atoms with E-state index in [1.807, 2.05) is 0 Å². The van der Waals surface area contributed by atoms with Crippen molar-refractivity contribution in [3.63, 3.8) is 0 Å². The molecule has 6 nitrogen and oxygen atoms in total. The van der Waals surface area contributed by atoms with E-state index in [2.05, 4.69) is 28.0 Å². The first-order valence-electron chi connectivity index (χ1n) is 8.77. The van der Waals surface area contributed by atoms with Crippen LogP contribution in [0.5, 0.6) is 0 Å². The van der Waals surface area contributed by atoms with Gasteiger partial charge in [-0.1, -0.05) is 0 Å². The Balaban J connectivity index is 1.72. The number of fused-ring (bicyclic) bond motifs is 3. The number of nitriles is 1. The Morgan fingerprint density at radius 3 is 2.92 bits per heavy atom. The average molecular weight is 419 g/mol. The number of nitrogens with zero attached hydrogens (tertiary/aromatic N) is 6. The molecule has 0 aromatic carbocycles. The van der Waals surface area contributed by atoms with Crippen LogP contribution in [0.25, 0.3) is 15.4 Å². The predicted molar refractivity (Wildman–Crippen MR) is 102 cm³/mol. The summed E-state index contributed by atoms with van der Waals surface area (Å²) in [6, 6.07) is 2.40. The maximum atomic E-state index is 9.68. The van der Waals surface area contributed by atoms with Gasteiger partial charge in [-0.25, -0.2) is 0 Å². The molecule has 1 saturated heterocycles. The third kappa shape index (κ3) is 3.17. The van der Waals surface area contributed by atoms with E-state index >= 15 is 0 Å². The first kappa shape index (κ1) is 16.9. The topological polar surface area (TPSA) is 70.1 Å². The van der Waals surface area contributed by atoms with Crippen LogP contribution in [0.2, 0.25) is 0 Å². The summed E-state index contributed by atoms with van der Waals surface area (Å²) in [7, 11) is 0. The normalized spacial score (nSPS) is 14.6. The third-order valence-electron chi connectivity index (χ3n) is 4.46. The number of rotatable bonds is 6. The number of unbranched alkanes of at least 4 members (excludes halogenated alkanes) is 2. The van der Waals surface area contributed by atoms with Crippen molar-refractivity contribution in [2.75, 3.05) is 23.7 Å². The molecule has 0 aliphatic carbocycles. The second-order valence-electron chi connectivity index (χ2n) is 6.23. The van der Waals surface area contributed by atoms with E-state index in [9.17, 15) is 5.26 Å². The number of hydrogen-bond donors (Lipinski definition) is 0. The van der Waals surface area contributed by atoms with E-state index in [-0.39, 0.29) is 14.5 Å². The number of hydrogen-bond acceptors (Lipinski definition) is 6. The van der Waals surface area contributed by atoms with Gasteiger partial charge in [-0.15, -0.1) is 0 Å². The molecule has 25 heavy (non-hydrogen) atoms. The molecule has 0 radical (unpaired) electrons. The summed E-state index contributed by atoms with van der Waals surface area (Å²) in [4.78, 5) is 11.7. The molecule has 0 amide bonds. The first-order chi connectivity index (χ1) is 12.3. The van der Waals surface area contributed by atoms with Crippen molar-refractivity contribution in [2.24, 2.45) is 0 Å². The SMILES string of the molecule is CCCCCSc1nc2c3[se]c(N4CCCC4)c(C#N)c3ncn2n1. The van der Waals surface area contributed by atoms with Gasteiger partial charge in [-0.2, -0.15) is 0 Å². The van der Waals surface area contributed by atoms with Gasteiger partial charge in [0, 0.05) is 0 Å². The molecular formula is C17H20N6SSe. The second-order valence-corrected chi connectivity index (χ2v) is 9.39. The van der Waals surface area contributed by atoms with Crippen molar-refractivity contribution in [1.29, 1.82) is 5.26 Å². The molecule has 0 atom stereocenters. The number of aromatic nitrogens is 4. The molecule has 0 unspecified atom stereocenters. The van der Waals surface area contributed by atoms with Crippen molar-refractivity contribution < 1.29 is 0 Å². The van der Waals surface area contributed by atoms with Crippen molar-refractivity contribution in [1.82, 2.24) is 19.6 Å². The summed E-state index contributed by atoms with van der Waals surface area (Å²) in [6.45, 7) is 4.32. The van der Waals surface area contributed by atoms with Crippen LogP contribution in [0.15, 0.2) is 11.5 Å². The monoisotopic (exact) mass is 420 g/mol. The van der Waals surface area contributed by atoms with Crippen LogP contribution >= 0.6 is 11.8 Å². The Hall–Kier alpha value is -1.55. The fourth-order valence-electron chi connectivity index (χ4n) is 3.16. The minimum absolute atomic E-state index is 0.0808. The van der Waals surface area contributed by atoms with Crippen molar-refractivity contribution in [3.05, 3.63) is 11.9 Å². The molecule has 1 fully saturated rings. The molecule has 3 aromatic heterocycles. The van der Waals surface area contributed by atoms with Crippen LogP contribution in [-0.4, -0.2) is 52.9 Å². The van der Waals surface area contributed by atoms with Crippen LogP contribution in [-0.2, 0) is 0 Å². The zero-order valence-electron chi connectivity index (χ0n) is 14.2. The Kier molecular flexibility index (Phi) is 4.98. The van der Waals surface area contributed by atoms with E-state index in [1.54, 1.807) is 22.6 Å². The Morgan fingerprint density at radius 2 is 2.16 bits per heavy atom. The number of anilines is 1. The molecule has 0 saturated carbocycles. The zero-order valence-corrected chi connectivity index (χ0v) is 16.8. The van der Waals surface area contributed by atoms with E-state index in [1.165, 1.54) is 36.7 Å². The van der Waals surface area contributed by atoms with Gasteiger partial charge in [-0.05, 0) is 0 Å². The van der Waals surface area contributed by atoms with Gasteiger partial charge in [0.1, 0.15) is 0 Å². The Bertz CT molecular complexity index is 934. The molecule has 8 heteroatoms. The molecule has 0 N–H and O–H groups in total. The molecule has 1 aliphatic heterocycles. The van der Waals surface area contributed by atoms with Crippen LogP contribution in [0.4, 0.5) is 4.56 Å².